The lowest BCUT2D eigenvalue weighted by molar-refractivity contribution is -0.135. The van der Waals surface area contributed by atoms with Crippen LogP contribution in [0.1, 0.15) is 13.3 Å². The number of nitrogens with zero attached hydrogens (tertiary/aromatic N) is 2. The molecule has 0 bridgehead atoms. The number of hydrogen-bond acceptors (Lipinski definition) is 3. The zero-order chi connectivity index (χ0) is 13.5. The second kappa shape index (κ2) is 7.33. The molecule has 0 heterocycles. The summed E-state index contributed by atoms with van der Waals surface area (Å²) in [6, 6.07) is -0.181. The predicted octanol–water partition coefficient (Wildman–Crippen LogP) is 0.725. The second-order valence-electron chi connectivity index (χ2n) is 3.69. The number of aliphatic imine (C=N–C) groups is 1. The highest BCUT2D eigenvalue weighted by atomic mass is 19.4. The summed E-state index contributed by atoms with van der Waals surface area (Å²) < 4.78 is 41.0. The van der Waals surface area contributed by atoms with Crippen LogP contribution < -0.4 is 11.3 Å². The van der Waals surface area contributed by atoms with Crippen LogP contribution in [0.4, 0.5) is 13.2 Å². The van der Waals surface area contributed by atoms with Crippen molar-refractivity contribution in [3.8, 4) is 0 Å². The number of hydrazine groups is 1. The number of methoxy groups -OCH3 is 1. The van der Waals surface area contributed by atoms with Crippen LogP contribution >= 0.6 is 0 Å². The van der Waals surface area contributed by atoms with E-state index < -0.39 is 12.6 Å². The SMILES string of the molecule is COCC(C)N=C(NN)N(C)CCC(F)(F)F. The first-order valence-electron chi connectivity index (χ1n) is 5.11. The molecule has 0 radical (unpaired) electrons. The number of nitrogens with two attached hydrogens (primary N) is 1. The molecule has 0 spiro atoms. The average Bonchev–Trinajstić information content (AvgIpc) is 2.22. The molecule has 0 saturated carbocycles. The Hall–Kier alpha value is -1.02. The van der Waals surface area contributed by atoms with Gasteiger partial charge >= 0.3 is 6.18 Å². The van der Waals surface area contributed by atoms with E-state index in [2.05, 4.69) is 10.4 Å². The van der Waals surface area contributed by atoms with Gasteiger partial charge in [0.1, 0.15) is 0 Å². The van der Waals surface area contributed by atoms with Gasteiger partial charge in [0.2, 0.25) is 5.96 Å². The molecule has 1 unspecified atom stereocenters. The van der Waals surface area contributed by atoms with Crippen molar-refractivity contribution in [2.45, 2.75) is 25.6 Å². The summed E-state index contributed by atoms with van der Waals surface area (Å²) in [6.07, 6.45) is -5.10. The molecular weight excluding hydrogens is 237 g/mol. The van der Waals surface area contributed by atoms with Crippen molar-refractivity contribution < 1.29 is 17.9 Å². The number of rotatable bonds is 5. The van der Waals surface area contributed by atoms with Gasteiger partial charge in [0, 0.05) is 20.7 Å². The molecule has 0 aliphatic rings. The zero-order valence-corrected chi connectivity index (χ0v) is 10.2. The van der Waals surface area contributed by atoms with Crippen molar-refractivity contribution in [3.63, 3.8) is 0 Å². The second-order valence-corrected chi connectivity index (χ2v) is 3.69. The molecule has 0 aliphatic carbocycles. The first-order chi connectivity index (χ1) is 7.80. The topological polar surface area (TPSA) is 62.9 Å². The van der Waals surface area contributed by atoms with Crippen LogP contribution in [0.3, 0.4) is 0 Å². The fraction of sp³-hybridized carbons (Fsp3) is 0.889. The zero-order valence-electron chi connectivity index (χ0n) is 10.2. The molecule has 5 nitrogen and oxygen atoms in total. The van der Waals surface area contributed by atoms with Gasteiger partial charge in [0.05, 0.1) is 19.1 Å². The molecule has 0 aliphatic heterocycles. The summed E-state index contributed by atoms with van der Waals surface area (Å²) in [4.78, 5) is 5.42. The first-order valence-corrected chi connectivity index (χ1v) is 5.11. The van der Waals surface area contributed by atoms with Crippen LogP contribution in [0.5, 0.6) is 0 Å². The molecule has 8 heteroatoms. The number of guanidine groups is 1. The Morgan fingerprint density at radius 2 is 2.12 bits per heavy atom. The molecule has 0 aromatic carbocycles. The third-order valence-corrected chi connectivity index (χ3v) is 1.97. The summed E-state index contributed by atoms with van der Waals surface area (Å²) in [5.41, 5.74) is 2.28. The summed E-state index contributed by atoms with van der Waals surface area (Å²) in [5, 5.41) is 0. The lowest BCUT2D eigenvalue weighted by Crippen LogP contribution is -2.44. The largest absolute Gasteiger partial charge is 0.390 e. The Balaban J connectivity index is 4.34. The molecule has 102 valence electrons. The van der Waals surface area contributed by atoms with Crippen molar-refractivity contribution in [1.29, 1.82) is 0 Å². The maximum absolute atomic E-state index is 12.0. The van der Waals surface area contributed by atoms with Crippen LogP contribution in [0.25, 0.3) is 0 Å². The molecular formula is C9H19F3N4O. The lowest BCUT2D eigenvalue weighted by Gasteiger charge is -2.22. The summed E-state index contributed by atoms with van der Waals surface area (Å²) >= 11 is 0. The Labute approximate surface area is 98.8 Å². The van der Waals surface area contributed by atoms with Gasteiger partial charge in [0.15, 0.2) is 0 Å². The highest BCUT2D eigenvalue weighted by molar-refractivity contribution is 5.79. The maximum Gasteiger partial charge on any atom is 0.390 e. The van der Waals surface area contributed by atoms with Crippen molar-refractivity contribution in [1.82, 2.24) is 10.3 Å². The Morgan fingerprint density at radius 3 is 2.53 bits per heavy atom. The van der Waals surface area contributed by atoms with E-state index >= 15 is 0 Å². The van der Waals surface area contributed by atoms with Crippen LogP contribution in [-0.4, -0.2) is 50.4 Å². The Morgan fingerprint density at radius 1 is 1.53 bits per heavy atom. The highest BCUT2D eigenvalue weighted by Crippen LogP contribution is 2.19. The number of hydrogen-bond donors (Lipinski definition) is 2. The van der Waals surface area contributed by atoms with Gasteiger partial charge in [-0.3, -0.25) is 5.43 Å². The fourth-order valence-corrected chi connectivity index (χ4v) is 1.13. The van der Waals surface area contributed by atoms with E-state index in [-0.39, 0.29) is 18.5 Å². The molecule has 17 heavy (non-hydrogen) atoms. The summed E-state index contributed by atoms with van der Waals surface area (Å²) in [5.74, 6) is 5.42. The molecule has 0 aromatic rings. The van der Waals surface area contributed by atoms with E-state index in [1.165, 1.54) is 19.1 Å². The number of ether oxygens (including phenoxy) is 1. The minimum atomic E-state index is -4.19. The van der Waals surface area contributed by atoms with Gasteiger partial charge in [-0.15, -0.1) is 0 Å². The van der Waals surface area contributed by atoms with E-state index in [0.717, 1.165) is 0 Å². The minimum absolute atomic E-state index is 0.181. The van der Waals surface area contributed by atoms with Crippen molar-refractivity contribution in [3.05, 3.63) is 0 Å². The monoisotopic (exact) mass is 256 g/mol. The summed E-state index contributed by atoms with van der Waals surface area (Å²) in [6.45, 7) is 1.95. The third kappa shape index (κ3) is 7.81. The fourth-order valence-electron chi connectivity index (χ4n) is 1.13. The smallest absolute Gasteiger partial charge is 0.382 e. The van der Waals surface area contributed by atoms with Crippen LogP contribution in [0.2, 0.25) is 0 Å². The van der Waals surface area contributed by atoms with Crippen molar-refractivity contribution in [2.24, 2.45) is 10.8 Å². The summed E-state index contributed by atoms with van der Waals surface area (Å²) in [7, 11) is 3.01. The average molecular weight is 256 g/mol. The van der Waals surface area contributed by atoms with Crippen molar-refractivity contribution in [2.75, 3.05) is 27.3 Å². The van der Waals surface area contributed by atoms with Gasteiger partial charge in [-0.1, -0.05) is 0 Å². The van der Waals surface area contributed by atoms with E-state index in [1.54, 1.807) is 6.92 Å². The molecule has 0 rings (SSSR count). The number of alkyl halides is 3. The Kier molecular flexibility index (Phi) is 6.89. The highest BCUT2D eigenvalue weighted by Gasteiger charge is 2.27. The van der Waals surface area contributed by atoms with Gasteiger partial charge < -0.3 is 9.64 Å². The van der Waals surface area contributed by atoms with Gasteiger partial charge in [-0.2, -0.15) is 13.2 Å². The van der Waals surface area contributed by atoms with Gasteiger partial charge in [0.25, 0.3) is 0 Å². The molecule has 3 N–H and O–H groups in total. The maximum atomic E-state index is 12.0. The minimum Gasteiger partial charge on any atom is -0.382 e. The quantitative estimate of drug-likeness (QED) is 0.329. The normalized spacial score (nSPS) is 14.6. The number of halogens is 3. The Bertz CT molecular complexity index is 245. The van der Waals surface area contributed by atoms with Crippen LogP contribution in [0, 0.1) is 0 Å². The molecule has 0 amide bonds. The molecule has 0 saturated heterocycles. The van der Waals surface area contributed by atoms with Gasteiger partial charge in [-0.05, 0) is 6.92 Å². The van der Waals surface area contributed by atoms with E-state index in [9.17, 15) is 13.2 Å². The molecule has 0 aromatic heterocycles. The molecule has 1 atom stereocenters. The predicted molar refractivity (Wildman–Crippen MR) is 59.4 cm³/mol. The van der Waals surface area contributed by atoms with Crippen LogP contribution in [-0.2, 0) is 4.74 Å². The van der Waals surface area contributed by atoms with E-state index in [1.807, 2.05) is 0 Å². The van der Waals surface area contributed by atoms with Crippen LogP contribution in [0.15, 0.2) is 4.99 Å². The number of nitrogens with one attached hydrogen (secondary N) is 1. The first kappa shape index (κ1) is 16.0. The third-order valence-electron chi connectivity index (χ3n) is 1.97. The van der Waals surface area contributed by atoms with E-state index in [0.29, 0.717) is 6.61 Å². The molecule has 0 fully saturated rings. The van der Waals surface area contributed by atoms with E-state index in [4.69, 9.17) is 10.6 Å². The van der Waals surface area contributed by atoms with Gasteiger partial charge in [-0.25, -0.2) is 10.8 Å². The van der Waals surface area contributed by atoms with Crippen molar-refractivity contribution >= 4 is 5.96 Å². The lowest BCUT2D eigenvalue weighted by atomic mass is 10.4. The standard InChI is InChI=1S/C9H19F3N4O/c1-7(6-17-3)14-8(15-13)16(2)5-4-9(10,11)12/h7H,4-6,13H2,1-3H3,(H,14,15).